The average molecular weight is 295 g/mol. The van der Waals surface area contributed by atoms with E-state index in [0.29, 0.717) is 17.8 Å². The monoisotopic (exact) mass is 295 g/mol. The van der Waals surface area contributed by atoms with Crippen LogP contribution < -0.4 is 5.32 Å². The highest BCUT2D eigenvalue weighted by Crippen LogP contribution is 2.25. The number of aromatic nitrogens is 2. The van der Waals surface area contributed by atoms with Crippen molar-refractivity contribution in [2.45, 2.75) is 24.3 Å². The largest absolute Gasteiger partial charge is 0.334 e. The van der Waals surface area contributed by atoms with Crippen LogP contribution in [-0.2, 0) is 16.3 Å². The summed E-state index contributed by atoms with van der Waals surface area (Å²) in [6.45, 7) is 2.00. The van der Waals surface area contributed by atoms with Crippen LogP contribution in [0.25, 0.3) is 11.5 Å². The summed E-state index contributed by atoms with van der Waals surface area (Å²) in [5, 5.41) is 6.96. The zero-order valence-electron chi connectivity index (χ0n) is 11.6. The van der Waals surface area contributed by atoms with Gasteiger partial charge >= 0.3 is 0 Å². The predicted molar refractivity (Wildman–Crippen MR) is 75.1 cm³/mol. The molecule has 1 aromatic heterocycles. The van der Waals surface area contributed by atoms with Crippen molar-refractivity contribution in [2.75, 3.05) is 13.3 Å². The predicted octanol–water partition coefficient (Wildman–Crippen LogP) is 1.29. The third-order valence-electron chi connectivity index (χ3n) is 2.97. The van der Waals surface area contributed by atoms with E-state index in [9.17, 15) is 8.42 Å². The fraction of sp³-hybridized carbons (Fsp3) is 0.385. The molecule has 6 nitrogen and oxygen atoms in total. The van der Waals surface area contributed by atoms with E-state index in [1.54, 1.807) is 18.2 Å². The van der Waals surface area contributed by atoms with Gasteiger partial charge in [-0.15, -0.1) is 0 Å². The second-order valence-corrected chi connectivity index (χ2v) is 6.66. The van der Waals surface area contributed by atoms with Crippen molar-refractivity contribution in [1.29, 1.82) is 0 Å². The minimum atomic E-state index is -3.34. The molecule has 0 spiro atoms. The van der Waals surface area contributed by atoms with Crippen LogP contribution in [0.5, 0.6) is 0 Å². The molecular formula is C13H17N3O3S. The zero-order chi connectivity index (χ0) is 14.8. The van der Waals surface area contributed by atoms with Gasteiger partial charge in [0.05, 0.1) is 10.5 Å². The molecule has 1 N–H and O–H groups in total. The number of nitrogens with zero attached hydrogens (tertiary/aromatic N) is 2. The Morgan fingerprint density at radius 2 is 2.05 bits per heavy atom. The van der Waals surface area contributed by atoms with Gasteiger partial charge in [-0.1, -0.05) is 17.3 Å². The van der Waals surface area contributed by atoms with Crippen molar-refractivity contribution in [3.8, 4) is 11.5 Å². The van der Waals surface area contributed by atoms with Crippen molar-refractivity contribution in [3.63, 3.8) is 0 Å². The summed E-state index contributed by atoms with van der Waals surface area (Å²) in [5.41, 5.74) is 0.436. The number of nitrogens with one attached hydrogen (secondary N) is 1. The SMILES string of the molecule is CNC(C)Cc1noc(-c2ccccc2S(C)(=O)=O)n1. The van der Waals surface area contributed by atoms with Gasteiger partial charge in [-0.05, 0) is 26.1 Å². The molecule has 20 heavy (non-hydrogen) atoms. The topological polar surface area (TPSA) is 85.1 Å². The fourth-order valence-electron chi connectivity index (χ4n) is 1.79. The third kappa shape index (κ3) is 3.23. The van der Waals surface area contributed by atoms with Gasteiger partial charge in [0.25, 0.3) is 5.89 Å². The Hall–Kier alpha value is -1.73. The van der Waals surface area contributed by atoms with Gasteiger partial charge in [0, 0.05) is 18.7 Å². The smallest absolute Gasteiger partial charge is 0.259 e. The van der Waals surface area contributed by atoms with Crippen molar-refractivity contribution in [1.82, 2.24) is 15.5 Å². The van der Waals surface area contributed by atoms with Gasteiger partial charge in [0.1, 0.15) is 0 Å². The molecule has 0 radical (unpaired) electrons. The van der Waals surface area contributed by atoms with E-state index in [1.807, 2.05) is 14.0 Å². The van der Waals surface area contributed by atoms with Crippen LogP contribution in [0.2, 0.25) is 0 Å². The highest BCUT2D eigenvalue weighted by atomic mass is 32.2. The van der Waals surface area contributed by atoms with Gasteiger partial charge < -0.3 is 9.84 Å². The van der Waals surface area contributed by atoms with Crippen molar-refractivity contribution >= 4 is 9.84 Å². The number of hydrogen-bond donors (Lipinski definition) is 1. The first kappa shape index (κ1) is 14.7. The highest BCUT2D eigenvalue weighted by molar-refractivity contribution is 7.90. The Morgan fingerprint density at radius 1 is 1.35 bits per heavy atom. The molecule has 0 aliphatic rings. The number of benzene rings is 1. The molecule has 0 aliphatic carbocycles. The van der Waals surface area contributed by atoms with Crippen LogP contribution in [0.4, 0.5) is 0 Å². The van der Waals surface area contributed by atoms with Crippen LogP contribution in [0, 0.1) is 0 Å². The second-order valence-electron chi connectivity index (χ2n) is 4.68. The number of hydrogen-bond acceptors (Lipinski definition) is 6. The summed E-state index contributed by atoms with van der Waals surface area (Å²) in [6, 6.07) is 6.81. The lowest BCUT2D eigenvalue weighted by Crippen LogP contribution is -2.24. The van der Waals surface area contributed by atoms with E-state index < -0.39 is 9.84 Å². The maximum atomic E-state index is 11.8. The molecule has 0 saturated carbocycles. The minimum absolute atomic E-state index is 0.192. The number of likely N-dealkylation sites (N-methyl/N-ethyl adjacent to an activating group) is 1. The summed E-state index contributed by atoms with van der Waals surface area (Å²) < 4.78 is 28.7. The molecule has 0 aliphatic heterocycles. The van der Waals surface area contributed by atoms with Gasteiger partial charge in [-0.2, -0.15) is 4.98 Å². The van der Waals surface area contributed by atoms with Crippen molar-refractivity contribution < 1.29 is 12.9 Å². The second kappa shape index (κ2) is 5.72. The molecule has 108 valence electrons. The van der Waals surface area contributed by atoms with E-state index in [4.69, 9.17) is 4.52 Å². The third-order valence-corrected chi connectivity index (χ3v) is 4.12. The van der Waals surface area contributed by atoms with E-state index in [2.05, 4.69) is 15.5 Å². The fourth-order valence-corrected chi connectivity index (χ4v) is 2.67. The summed E-state index contributed by atoms with van der Waals surface area (Å²) in [6.07, 6.45) is 1.77. The minimum Gasteiger partial charge on any atom is -0.334 e. The molecule has 1 atom stereocenters. The number of rotatable bonds is 5. The van der Waals surface area contributed by atoms with Crippen LogP contribution in [0.1, 0.15) is 12.7 Å². The van der Waals surface area contributed by atoms with Gasteiger partial charge in [0.2, 0.25) is 0 Å². The summed E-state index contributed by atoms with van der Waals surface area (Å²) in [5.74, 6) is 0.773. The summed E-state index contributed by atoms with van der Waals surface area (Å²) in [4.78, 5) is 4.45. The molecule has 0 bridgehead atoms. The van der Waals surface area contributed by atoms with E-state index in [-0.39, 0.29) is 16.8 Å². The van der Waals surface area contributed by atoms with E-state index >= 15 is 0 Å². The summed E-state index contributed by atoms with van der Waals surface area (Å²) in [7, 11) is -1.49. The van der Waals surface area contributed by atoms with E-state index in [1.165, 1.54) is 6.07 Å². The molecule has 0 fully saturated rings. The van der Waals surface area contributed by atoms with Crippen LogP contribution in [0.15, 0.2) is 33.7 Å². The lowest BCUT2D eigenvalue weighted by molar-refractivity contribution is 0.417. The Labute approximate surface area is 118 Å². The Kier molecular flexibility index (Phi) is 4.20. The normalized spacial score (nSPS) is 13.3. The molecule has 7 heteroatoms. The van der Waals surface area contributed by atoms with Gasteiger partial charge in [-0.25, -0.2) is 8.42 Å². The molecular weight excluding hydrogens is 278 g/mol. The number of sulfone groups is 1. The zero-order valence-corrected chi connectivity index (χ0v) is 12.4. The molecule has 2 aromatic rings. The van der Waals surface area contributed by atoms with Gasteiger partial charge in [0.15, 0.2) is 15.7 Å². The lowest BCUT2D eigenvalue weighted by atomic mass is 10.2. The Morgan fingerprint density at radius 3 is 2.70 bits per heavy atom. The van der Waals surface area contributed by atoms with Crippen molar-refractivity contribution in [3.05, 3.63) is 30.1 Å². The molecule has 1 aromatic carbocycles. The van der Waals surface area contributed by atoms with Gasteiger partial charge in [-0.3, -0.25) is 0 Å². The quantitative estimate of drug-likeness (QED) is 0.894. The maximum Gasteiger partial charge on any atom is 0.259 e. The molecule has 1 heterocycles. The Bertz CT molecular complexity index is 694. The van der Waals surface area contributed by atoms with Crippen LogP contribution in [-0.4, -0.2) is 37.9 Å². The van der Waals surface area contributed by atoms with Crippen LogP contribution >= 0.6 is 0 Å². The first-order valence-corrected chi connectivity index (χ1v) is 8.10. The molecule has 0 saturated heterocycles. The average Bonchev–Trinajstić information content (AvgIpc) is 2.86. The summed E-state index contributed by atoms with van der Waals surface area (Å²) >= 11 is 0. The maximum absolute atomic E-state index is 11.8. The lowest BCUT2D eigenvalue weighted by Gasteiger charge is -2.05. The molecule has 1 unspecified atom stereocenters. The highest BCUT2D eigenvalue weighted by Gasteiger charge is 2.19. The molecule has 2 rings (SSSR count). The van der Waals surface area contributed by atoms with Crippen molar-refractivity contribution in [2.24, 2.45) is 0 Å². The Balaban J connectivity index is 2.38. The first-order chi connectivity index (χ1) is 9.41. The standard InChI is InChI=1S/C13H17N3O3S/c1-9(14-2)8-12-15-13(19-16-12)10-6-4-5-7-11(10)20(3,17)18/h4-7,9,14H,8H2,1-3H3. The first-order valence-electron chi connectivity index (χ1n) is 6.21. The van der Waals surface area contributed by atoms with Crippen LogP contribution in [0.3, 0.4) is 0 Å². The van der Waals surface area contributed by atoms with E-state index in [0.717, 1.165) is 6.26 Å². The molecule has 0 amide bonds.